The number of hydrogen-bond donors (Lipinski definition) is 0. The van der Waals surface area contributed by atoms with E-state index in [1.807, 2.05) is 24.3 Å². The quantitative estimate of drug-likeness (QED) is 0.125. The third-order valence-electron chi connectivity index (χ3n) is 7.30. The molecule has 5 aromatic rings. The summed E-state index contributed by atoms with van der Waals surface area (Å²) in [6.07, 6.45) is 1.90. The van der Waals surface area contributed by atoms with Crippen LogP contribution in [0.3, 0.4) is 0 Å². The number of carbonyl (C=O) groups excluding carboxylic acids is 2. The Hall–Kier alpha value is -2.93. The van der Waals surface area contributed by atoms with Crippen LogP contribution >= 0.6 is 0 Å². The van der Waals surface area contributed by atoms with Crippen molar-refractivity contribution in [1.29, 1.82) is 0 Å². The fraction of sp³-hybridized carbons (Fsp3) is 0.0968. The van der Waals surface area contributed by atoms with Gasteiger partial charge in [-0.1, -0.05) is 0 Å². The van der Waals surface area contributed by atoms with Crippen molar-refractivity contribution in [3.63, 3.8) is 0 Å². The molecule has 3 aromatic carbocycles. The van der Waals surface area contributed by atoms with Gasteiger partial charge in [0.2, 0.25) is 0 Å². The summed E-state index contributed by atoms with van der Waals surface area (Å²) < 4.78 is 3.66. The third-order valence-corrected chi connectivity index (χ3v) is 12.2. The van der Waals surface area contributed by atoms with Crippen LogP contribution in [0, 0.1) is 0 Å². The molecule has 174 valence electrons. The Kier molecular flexibility index (Phi) is 4.97. The summed E-state index contributed by atoms with van der Waals surface area (Å²) in [6.45, 7) is 4.56. The van der Waals surface area contributed by atoms with Crippen LogP contribution in [0.5, 0.6) is 0 Å². The van der Waals surface area contributed by atoms with Gasteiger partial charge >= 0.3 is 226 Å². The third kappa shape index (κ3) is 3.17. The van der Waals surface area contributed by atoms with E-state index >= 15 is 0 Å². The fourth-order valence-electron chi connectivity index (χ4n) is 5.42. The molecule has 0 radical (unpaired) electrons. The van der Waals surface area contributed by atoms with Crippen LogP contribution in [-0.4, -0.2) is 46.5 Å². The fourth-order valence-corrected chi connectivity index (χ4v) is 10.8. The first-order chi connectivity index (χ1) is 17.4. The van der Waals surface area contributed by atoms with E-state index in [0.29, 0.717) is 16.7 Å². The Morgan fingerprint density at radius 3 is 2.36 bits per heavy atom. The normalized spacial score (nSPS) is 16.9. The molecule has 5 heteroatoms. The summed E-state index contributed by atoms with van der Waals surface area (Å²) in [5.74, 6) is -0.257. The molecular formula is C31H21NO2SeTe. The second-order valence-corrected chi connectivity index (χ2v) is 14.8. The molecule has 1 aliphatic carbocycles. The van der Waals surface area contributed by atoms with Crippen molar-refractivity contribution in [2.75, 3.05) is 4.90 Å². The molecule has 2 aliphatic rings. The van der Waals surface area contributed by atoms with Crippen molar-refractivity contribution in [2.24, 2.45) is 0 Å². The molecule has 0 amide bonds. The Morgan fingerprint density at radius 1 is 0.833 bits per heavy atom. The molecule has 36 heavy (non-hydrogen) atoms. The van der Waals surface area contributed by atoms with Gasteiger partial charge in [0.15, 0.2) is 0 Å². The number of hydrogen-bond acceptors (Lipinski definition) is 3. The van der Waals surface area contributed by atoms with E-state index in [0.717, 1.165) is 14.7 Å². The summed E-state index contributed by atoms with van der Waals surface area (Å²) >= 11 is -0.587. The molecule has 0 unspecified atom stereocenters. The van der Waals surface area contributed by atoms with Crippen molar-refractivity contribution in [2.45, 2.75) is 19.3 Å². The number of Topliss-reactive ketones (excluding diaryl/α,β-unsaturated/α-hetero) is 2. The van der Waals surface area contributed by atoms with E-state index < -0.39 is 20.4 Å². The average molecular weight is 646 g/mol. The number of carbonyl (C=O) groups is 2. The zero-order valence-electron chi connectivity index (χ0n) is 19.7. The van der Waals surface area contributed by atoms with Crippen molar-refractivity contribution < 1.29 is 9.59 Å². The number of rotatable bonds is 2. The number of para-hydroxylation sites is 2. The van der Waals surface area contributed by atoms with Gasteiger partial charge in [-0.2, -0.15) is 0 Å². The topological polar surface area (TPSA) is 37.4 Å². The molecule has 2 aromatic heterocycles. The number of anilines is 3. The predicted molar refractivity (Wildman–Crippen MR) is 148 cm³/mol. The Labute approximate surface area is 225 Å². The van der Waals surface area contributed by atoms with Gasteiger partial charge in [0.25, 0.3) is 0 Å². The first-order valence-electron chi connectivity index (χ1n) is 11.8. The van der Waals surface area contributed by atoms with Gasteiger partial charge in [-0.3, -0.25) is 0 Å². The van der Waals surface area contributed by atoms with Gasteiger partial charge in [-0.15, -0.1) is 0 Å². The maximum atomic E-state index is 13.4. The molecule has 0 atom stereocenters. The van der Waals surface area contributed by atoms with Gasteiger partial charge in [0.1, 0.15) is 0 Å². The molecule has 7 rings (SSSR count). The van der Waals surface area contributed by atoms with Gasteiger partial charge in [0.05, 0.1) is 0 Å². The van der Waals surface area contributed by atoms with Crippen LogP contribution in [0.2, 0.25) is 0 Å². The van der Waals surface area contributed by atoms with Gasteiger partial charge < -0.3 is 0 Å². The van der Waals surface area contributed by atoms with E-state index in [2.05, 4.69) is 84.4 Å². The van der Waals surface area contributed by atoms with Gasteiger partial charge in [0, 0.05) is 0 Å². The summed E-state index contributed by atoms with van der Waals surface area (Å²) in [4.78, 5) is 31.3. The minimum absolute atomic E-state index is 0.124. The molecule has 3 nitrogen and oxygen atoms in total. The van der Waals surface area contributed by atoms with Crippen LogP contribution in [0.15, 0.2) is 89.4 Å². The van der Waals surface area contributed by atoms with Crippen molar-refractivity contribution in [3.8, 4) is 0 Å². The second kappa shape index (κ2) is 8.04. The minimum atomic E-state index is -0.828. The van der Waals surface area contributed by atoms with E-state index in [4.69, 9.17) is 0 Å². The summed E-state index contributed by atoms with van der Waals surface area (Å²) in [6, 6.07) is 27.3. The van der Waals surface area contributed by atoms with Crippen LogP contribution in [0.1, 0.15) is 49.3 Å². The Morgan fingerprint density at radius 2 is 1.56 bits per heavy atom. The van der Waals surface area contributed by atoms with Crippen LogP contribution in [0.25, 0.3) is 15.7 Å². The van der Waals surface area contributed by atoms with Crippen molar-refractivity contribution >= 4 is 77.3 Å². The SMILES string of the molecule is CC1(C)c2ccccc2N(c2ccccc2)c2[te]c(/C=C3/C(=O)c4cc5cc[se]c5cc4C3=O)cc21. The molecule has 1 aliphatic heterocycles. The number of fused-ring (bicyclic) bond motifs is 4. The average Bonchev–Trinajstić information content (AvgIpc) is 3.58. The van der Waals surface area contributed by atoms with Crippen molar-refractivity contribution in [3.05, 3.63) is 115 Å². The molecule has 0 fully saturated rings. The molecule has 0 saturated carbocycles. The van der Waals surface area contributed by atoms with Gasteiger partial charge in [-0.05, 0) is 0 Å². The number of ketones is 2. The number of nitrogens with zero attached hydrogens (tertiary/aromatic N) is 1. The standard InChI is InChI=1S/C31H21NO2SeTe/c1-31(2)24-10-6-7-11-26(24)32(19-8-4-3-5-9-19)30-25(31)16-20(36-30)15-23-28(33)21-14-18-12-13-35-27(18)17-22(21)29(23)34/h3-17H,1-2H3/b23-15-. The molecular weight excluding hydrogens is 625 g/mol. The van der Waals surface area contributed by atoms with Crippen LogP contribution < -0.4 is 4.90 Å². The number of benzene rings is 3. The zero-order valence-corrected chi connectivity index (χ0v) is 23.8. The maximum absolute atomic E-state index is 13.4. The first kappa shape index (κ1) is 22.3. The van der Waals surface area contributed by atoms with E-state index in [-0.39, 0.29) is 31.5 Å². The Bertz CT molecular complexity index is 1700. The molecule has 3 heterocycles. The molecule has 0 N–H and O–H groups in total. The number of allylic oxidation sites excluding steroid dienone is 1. The van der Waals surface area contributed by atoms with Crippen LogP contribution in [0.4, 0.5) is 15.1 Å². The summed E-state index contributed by atoms with van der Waals surface area (Å²) in [7, 11) is 0. The predicted octanol–water partition coefficient (Wildman–Crippen LogP) is 6.53. The summed E-state index contributed by atoms with van der Waals surface area (Å²) in [5, 5.41) is 1.08. The molecule has 0 spiro atoms. The van der Waals surface area contributed by atoms with Gasteiger partial charge in [-0.25, -0.2) is 0 Å². The van der Waals surface area contributed by atoms with E-state index in [9.17, 15) is 9.59 Å². The zero-order chi connectivity index (χ0) is 24.6. The Balaban J connectivity index is 1.39. The second-order valence-electron chi connectivity index (χ2n) is 9.75. The molecule has 0 bridgehead atoms. The summed E-state index contributed by atoms with van der Waals surface area (Å²) in [5.41, 5.74) is 6.23. The molecule has 0 saturated heterocycles. The van der Waals surface area contributed by atoms with Crippen LogP contribution in [-0.2, 0) is 5.41 Å². The first-order valence-corrected chi connectivity index (χ1v) is 16.0. The van der Waals surface area contributed by atoms with E-state index in [1.54, 1.807) is 0 Å². The monoisotopic (exact) mass is 649 g/mol. The van der Waals surface area contributed by atoms with Crippen molar-refractivity contribution in [1.82, 2.24) is 0 Å². The van der Waals surface area contributed by atoms with E-state index in [1.165, 1.54) is 24.8 Å².